The van der Waals surface area contributed by atoms with Crippen LogP contribution in [0.3, 0.4) is 0 Å². The minimum Gasteiger partial charge on any atom is -0.494 e. The highest BCUT2D eigenvalue weighted by molar-refractivity contribution is 8.15. The maximum atomic E-state index is 13.1. The molecule has 5 aliphatic rings. The Hall–Kier alpha value is -3.81. The van der Waals surface area contributed by atoms with Crippen LogP contribution >= 0.6 is 34.9 Å². The Morgan fingerprint density at radius 3 is 2.59 bits per heavy atom. The quantitative estimate of drug-likeness (QED) is 0.281. The fraction of sp³-hybridized carbons (Fsp3) is 0.323. The second kappa shape index (κ2) is 12.3. The minimum absolute atomic E-state index is 0.0599. The first-order valence-corrected chi connectivity index (χ1v) is 17.2. The smallest absolute Gasteiger partial charge is 0.245 e. The van der Waals surface area contributed by atoms with E-state index in [2.05, 4.69) is 20.6 Å². The lowest BCUT2D eigenvalue weighted by molar-refractivity contribution is -0.126. The maximum Gasteiger partial charge on any atom is 0.245 e. The summed E-state index contributed by atoms with van der Waals surface area (Å²) >= 11 is 4.50. The Morgan fingerprint density at radius 1 is 0.864 bits per heavy atom. The molecule has 7 heterocycles. The summed E-state index contributed by atoms with van der Waals surface area (Å²) in [4.78, 5) is 57.7. The molecular weight excluding hydrogens is 617 g/mol. The number of rotatable bonds is 0. The second-order valence-corrected chi connectivity index (χ2v) is 13.9. The molecule has 0 saturated carbocycles. The molecule has 3 atom stereocenters. The lowest BCUT2D eigenvalue weighted by atomic mass is 10.00. The molecule has 4 aromatic rings. The maximum absolute atomic E-state index is 13.1. The van der Waals surface area contributed by atoms with Gasteiger partial charge in [-0.1, -0.05) is 13.0 Å². The third-order valence-corrected chi connectivity index (χ3v) is 10.8. The Bertz CT molecular complexity index is 1870. The summed E-state index contributed by atoms with van der Waals surface area (Å²) in [5, 5.41) is 9.08. The molecule has 44 heavy (non-hydrogen) atoms. The van der Waals surface area contributed by atoms with Crippen LogP contribution in [0, 0.1) is 5.92 Å². The van der Waals surface area contributed by atoms with Crippen molar-refractivity contribution < 1.29 is 19.1 Å². The third kappa shape index (κ3) is 6.08. The molecule has 0 spiro atoms. The Kier molecular flexibility index (Phi) is 8.08. The lowest BCUT2D eigenvalue weighted by Gasteiger charge is -2.13. The van der Waals surface area contributed by atoms with E-state index in [4.69, 9.17) is 14.7 Å². The molecule has 2 aromatic heterocycles. The van der Waals surface area contributed by atoms with Crippen LogP contribution in [0.5, 0.6) is 5.75 Å². The zero-order valence-corrected chi connectivity index (χ0v) is 26.2. The number of hydrogen-bond donors (Lipinski definition) is 2. The van der Waals surface area contributed by atoms with Crippen molar-refractivity contribution in [1.82, 2.24) is 15.3 Å². The standard InChI is InChI=1S/C31H28N6O4S3/c1-16-11-25(38)23-14-42-29(36-23)22-6-3-17-12-19(5-8-20(17)34-22)41-10-2-9-32-28(40)24-15-43-30(37-24)31-35-21-7-4-18(33-27(16)39)13-26(21)44-31/h3-8,12-13,16,23-24H,2,9-11,14-15H2,1H3,(H,32,40)(H,33,39)/t16-,23-,24-/m1/s1. The second-order valence-electron chi connectivity index (χ2n) is 10.8. The van der Waals surface area contributed by atoms with Gasteiger partial charge >= 0.3 is 0 Å². The number of aliphatic imine (C=N–C) groups is 2. The van der Waals surface area contributed by atoms with E-state index < -0.39 is 18.0 Å². The molecule has 13 heteroatoms. The summed E-state index contributed by atoms with van der Waals surface area (Å²) in [5.41, 5.74) is 2.96. The van der Waals surface area contributed by atoms with Crippen LogP contribution in [0.2, 0.25) is 0 Å². The molecule has 10 nitrogen and oxygen atoms in total. The zero-order chi connectivity index (χ0) is 30.2. The normalized spacial score (nSPS) is 23.1. The fourth-order valence-electron chi connectivity index (χ4n) is 5.10. The van der Waals surface area contributed by atoms with Crippen molar-refractivity contribution in [3.8, 4) is 5.75 Å². The van der Waals surface area contributed by atoms with Gasteiger partial charge in [0.15, 0.2) is 5.78 Å². The predicted octanol–water partition coefficient (Wildman–Crippen LogP) is 4.70. The zero-order valence-electron chi connectivity index (χ0n) is 23.7. The van der Waals surface area contributed by atoms with Crippen molar-refractivity contribution in [2.45, 2.75) is 31.8 Å². The number of ketones is 1. The number of benzene rings is 2. The van der Waals surface area contributed by atoms with Crippen LogP contribution in [0.4, 0.5) is 5.69 Å². The summed E-state index contributed by atoms with van der Waals surface area (Å²) < 4.78 is 6.84. The number of thioether (sulfide) groups is 2. The number of hydrogen-bond acceptors (Lipinski definition) is 11. The lowest BCUT2D eigenvalue weighted by Crippen LogP contribution is -2.34. The molecule has 2 aromatic carbocycles. The fourth-order valence-corrected chi connectivity index (χ4v) is 8.25. The van der Waals surface area contributed by atoms with Crippen molar-refractivity contribution >= 4 is 89.4 Å². The van der Waals surface area contributed by atoms with Gasteiger partial charge in [-0.3, -0.25) is 24.4 Å². The van der Waals surface area contributed by atoms with E-state index in [0.717, 1.165) is 47.7 Å². The first-order valence-electron chi connectivity index (χ1n) is 14.4. The van der Waals surface area contributed by atoms with Crippen molar-refractivity contribution in [1.29, 1.82) is 0 Å². The van der Waals surface area contributed by atoms with Gasteiger partial charge < -0.3 is 15.4 Å². The topological polar surface area (TPSA) is 135 Å². The van der Waals surface area contributed by atoms with E-state index in [9.17, 15) is 14.4 Å². The Labute approximate surface area is 265 Å². The molecular formula is C31H28N6O4S3. The molecule has 0 aliphatic carbocycles. The van der Waals surface area contributed by atoms with Crippen LogP contribution in [0.1, 0.15) is 30.5 Å². The number of thiazole rings is 1. The van der Waals surface area contributed by atoms with Gasteiger partial charge in [-0.2, -0.15) is 0 Å². The van der Waals surface area contributed by atoms with E-state index >= 15 is 0 Å². The molecule has 0 fully saturated rings. The van der Waals surface area contributed by atoms with E-state index in [1.165, 1.54) is 34.9 Å². The van der Waals surface area contributed by atoms with E-state index in [-0.39, 0.29) is 24.0 Å². The van der Waals surface area contributed by atoms with Crippen LogP contribution < -0.4 is 15.4 Å². The molecule has 0 unspecified atom stereocenters. The molecule has 5 aliphatic heterocycles. The van der Waals surface area contributed by atoms with Crippen molar-refractivity contribution in [3.63, 3.8) is 0 Å². The van der Waals surface area contributed by atoms with Crippen molar-refractivity contribution in [2.75, 3.05) is 30.0 Å². The van der Waals surface area contributed by atoms with Gasteiger partial charge in [0, 0.05) is 41.5 Å². The van der Waals surface area contributed by atoms with Crippen LogP contribution in [0.25, 0.3) is 21.1 Å². The van der Waals surface area contributed by atoms with Crippen LogP contribution in [-0.4, -0.2) is 74.4 Å². The van der Waals surface area contributed by atoms with E-state index in [1.807, 2.05) is 42.5 Å². The molecule has 11 bridgehead atoms. The number of carbonyl (C=O) groups excluding carboxylic acids is 3. The van der Waals surface area contributed by atoms with Gasteiger partial charge in [0.2, 0.25) is 11.8 Å². The number of fused-ring (bicyclic) bond motifs is 2. The first kappa shape index (κ1) is 28.9. The van der Waals surface area contributed by atoms with E-state index in [0.29, 0.717) is 36.8 Å². The number of amides is 2. The van der Waals surface area contributed by atoms with Crippen molar-refractivity contribution in [3.05, 3.63) is 59.2 Å². The van der Waals surface area contributed by atoms with Gasteiger partial charge in [-0.15, -0.1) is 34.9 Å². The molecule has 2 amide bonds. The molecule has 9 rings (SSSR count). The highest BCUT2D eigenvalue weighted by Crippen LogP contribution is 2.32. The predicted molar refractivity (Wildman–Crippen MR) is 177 cm³/mol. The van der Waals surface area contributed by atoms with Crippen LogP contribution in [-0.2, 0) is 14.4 Å². The molecule has 2 N–H and O–H groups in total. The number of Topliss-reactive ketones (excluding diaryl/α,β-unsaturated/α-hetero) is 1. The summed E-state index contributed by atoms with van der Waals surface area (Å²) in [6.45, 7) is 2.70. The van der Waals surface area contributed by atoms with Gasteiger partial charge in [-0.25, -0.2) is 9.97 Å². The number of aromatic nitrogens is 2. The SMILES string of the molecule is C[C@@H]1CC(=O)[C@H]2CSC(=N2)c2ccc3cc(ccc3n2)OCCCNC(=O)[C@H]2CSC(=N2)c2nc3ccc(cc3s2)NC1=O. The van der Waals surface area contributed by atoms with Crippen LogP contribution in [0.15, 0.2) is 58.5 Å². The number of nitrogens with one attached hydrogen (secondary N) is 2. The molecule has 0 saturated heterocycles. The summed E-state index contributed by atoms with van der Waals surface area (Å²) in [5.74, 6) is 0.906. The number of anilines is 1. The summed E-state index contributed by atoms with van der Waals surface area (Å²) in [6, 6.07) is 14.2. The average molecular weight is 645 g/mol. The third-order valence-electron chi connectivity index (χ3n) is 7.54. The summed E-state index contributed by atoms with van der Waals surface area (Å²) in [7, 11) is 0. The first-order chi connectivity index (χ1) is 21.4. The Morgan fingerprint density at radius 2 is 1.68 bits per heavy atom. The minimum atomic E-state index is -0.520. The highest BCUT2D eigenvalue weighted by Gasteiger charge is 2.30. The summed E-state index contributed by atoms with van der Waals surface area (Å²) in [6.07, 6.45) is 0.754. The van der Waals surface area contributed by atoms with Crippen molar-refractivity contribution in [2.24, 2.45) is 15.9 Å². The number of carbonyl (C=O) groups is 3. The number of pyridine rings is 1. The molecule has 0 radical (unpaired) electrons. The number of ether oxygens (including phenoxy) is 1. The van der Waals surface area contributed by atoms with Gasteiger partial charge in [0.25, 0.3) is 0 Å². The highest BCUT2D eigenvalue weighted by atomic mass is 32.2. The van der Waals surface area contributed by atoms with E-state index in [1.54, 1.807) is 13.0 Å². The Balaban J connectivity index is 1.14. The largest absolute Gasteiger partial charge is 0.494 e. The number of nitrogens with zero attached hydrogens (tertiary/aromatic N) is 4. The van der Waals surface area contributed by atoms with Gasteiger partial charge in [0.1, 0.15) is 32.9 Å². The average Bonchev–Trinajstić information content (AvgIpc) is 3.80. The monoisotopic (exact) mass is 644 g/mol. The molecule has 224 valence electrons. The van der Waals surface area contributed by atoms with Gasteiger partial charge in [0.05, 0.1) is 28.0 Å². The van der Waals surface area contributed by atoms with Gasteiger partial charge in [-0.05, 0) is 48.9 Å².